The van der Waals surface area contributed by atoms with Gasteiger partial charge in [0.2, 0.25) is 5.13 Å². The second-order valence-corrected chi connectivity index (χ2v) is 6.38. The summed E-state index contributed by atoms with van der Waals surface area (Å²) in [6.07, 6.45) is 0. The Hall–Kier alpha value is -2.37. The molecule has 4 nitrogen and oxygen atoms in total. The van der Waals surface area contributed by atoms with E-state index in [2.05, 4.69) is 15.5 Å². The number of hydrazone groups is 1. The number of nitrogens with one attached hydrogen (secondary N) is 1. The number of hydrogen-bond acceptors (Lipinski definition) is 5. The van der Waals surface area contributed by atoms with Crippen LogP contribution in [0.2, 0.25) is 5.02 Å². The van der Waals surface area contributed by atoms with Crippen molar-refractivity contribution < 1.29 is 4.74 Å². The summed E-state index contributed by atoms with van der Waals surface area (Å²) in [6.45, 7) is 1.95. The fourth-order valence-corrected chi connectivity index (χ4v) is 2.89. The zero-order valence-electron chi connectivity index (χ0n) is 13.3. The highest BCUT2D eigenvalue weighted by Crippen LogP contribution is 2.26. The van der Waals surface area contributed by atoms with Gasteiger partial charge in [0.1, 0.15) is 5.75 Å². The molecule has 0 atom stereocenters. The lowest BCUT2D eigenvalue weighted by atomic mass is 10.1. The average molecular weight is 358 g/mol. The largest absolute Gasteiger partial charge is 0.497 e. The third-order valence-corrected chi connectivity index (χ3v) is 4.47. The maximum absolute atomic E-state index is 5.91. The molecule has 0 aliphatic carbocycles. The highest BCUT2D eigenvalue weighted by Gasteiger charge is 2.04. The fourth-order valence-electron chi connectivity index (χ4n) is 2.11. The van der Waals surface area contributed by atoms with Crippen LogP contribution < -0.4 is 10.2 Å². The van der Waals surface area contributed by atoms with E-state index in [1.807, 2.05) is 60.8 Å². The summed E-state index contributed by atoms with van der Waals surface area (Å²) in [5.41, 5.74) is 6.84. The van der Waals surface area contributed by atoms with Crippen LogP contribution in [0, 0.1) is 0 Å². The first-order valence-corrected chi connectivity index (χ1v) is 8.57. The normalized spacial score (nSPS) is 11.4. The second-order valence-electron chi connectivity index (χ2n) is 5.08. The molecule has 0 saturated heterocycles. The van der Waals surface area contributed by atoms with E-state index in [-0.39, 0.29) is 0 Å². The Morgan fingerprint density at radius 2 is 1.83 bits per heavy atom. The number of rotatable bonds is 5. The Morgan fingerprint density at radius 3 is 2.50 bits per heavy atom. The summed E-state index contributed by atoms with van der Waals surface area (Å²) in [5.74, 6) is 0.826. The molecule has 3 aromatic rings. The number of halogens is 1. The van der Waals surface area contributed by atoms with E-state index < -0.39 is 0 Å². The van der Waals surface area contributed by atoms with E-state index >= 15 is 0 Å². The van der Waals surface area contributed by atoms with Crippen molar-refractivity contribution in [2.75, 3.05) is 12.5 Å². The van der Waals surface area contributed by atoms with Gasteiger partial charge in [0.05, 0.1) is 18.5 Å². The molecule has 1 N–H and O–H groups in total. The van der Waals surface area contributed by atoms with Crippen LogP contribution in [-0.4, -0.2) is 17.8 Å². The molecule has 0 bridgehead atoms. The summed E-state index contributed by atoms with van der Waals surface area (Å²) in [4.78, 5) is 4.54. The van der Waals surface area contributed by atoms with Crippen LogP contribution in [-0.2, 0) is 0 Å². The van der Waals surface area contributed by atoms with Crippen LogP contribution in [0.15, 0.2) is 59.0 Å². The van der Waals surface area contributed by atoms with Crippen LogP contribution in [0.1, 0.15) is 12.5 Å². The van der Waals surface area contributed by atoms with Gasteiger partial charge in [0.15, 0.2) is 0 Å². The number of nitrogens with zero attached hydrogens (tertiary/aromatic N) is 2. The van der Waals surface area contributed by atoms with Crippen LogP contribution in [0.25, 0.3) is 11.3 Å². The van der Waals surface area contributed by atoms with E-state index in [1.54, 1.807) is 7.11 Å². The molecular weight excluding hydrogens is 342 g/mol. The van der Waals surface area contributed by atoms with E-state index in [0.717, 1.165) is 33.4 Å². The Morgan fingerprint density at radius 1 is 1.12 bits per heavy atom. The zero-order chi connectivity index (χ0) is 16.9. The van der Waals surface area contributed by atoms with E-state index in [0.29, 0.717) is 5.02 Å². The van der Waals surface area contributed by atoms with Crippen LogP contribution in [0.5, 0.6) is 5.75 Å². The Balaban J connectivity index is 1.70. The minimum Gasteiger partial charge on any atom is -0.497 e. The van der Waals surface area contributed by atoms with Gasteiger partial charge in [-0.25, -0.2) is 4.98 Å². The predicted molar refractivity (Wildman–Crippen MR) is 101 cm³/mol. The lowest BCUT2D eigenvalue weighted by Gasteiger charge is -2.03. The molecule has 122 valence electrons. The van der Waals surface area contributed by atoms with Gasteiger partial charge in [0, 0.05) is 16.0 Å². The van der Waals surface area contributed by atoms with Crippen LogP contribution in [0.3, 0.4) is 0 Å². The lowest BCUT2D eigenvalue weighted by molar-refractivity contribution is 0.415. The molecule has 3 rings (SSSR count). The van der Waals surface area contributed by atoms with Crippen molar-refractivity contribution in [3.05, 3.63) is 64.5 Å². The van der Waals surface area contributed by atoms with Crippen LogP contribution >= 0.6 is 22.9 Å². The van der Waals surface area contributed by atoms with Crippen LogP contribution in [0.4, 0.5) is 5.13 Å². The zero-order valence-corrected chi connectivity index (χ0v) is 14.9. The van der Waals surface area contributed by atoms with Gasteiger partial charge in [0.25, 0.3) is 0 Å². The second kappa shape index (κ2) is 7.47. The molecule has 2 aromatic carbocycles. The van der Waals surface area contributed by atoms with Crippen molar-refractivity contribution in [1.29, 1.82) is 0 Å². The Labute approximate surface area is 149 Å². The van der Waals surface area contributed by atoms with Crippen molar-refractivity contribution in [1.82, 2.24) is 4.98 Å². The van der Waals surface area contributed by atoms with Gasteiger partial charge in [-0.1, -0.05) is 23.7 Å². The van der Waals surface area contributed by atoms with E-state index in [9.17, 15) is 0 Å². The Kier molecular flexibility index (Phi) is 5.13. The van der Waals surface area contributed by atoms with Crippen molar-refractivity contribution in [2.24, 2.45) is 5.10 Å². The number of hydrogen-bond donors (Lipinski definition) is 1. The number of aromatic nitrogens is 1. The molecular formula is C18H16ClN3OS. The molecule has 0 saturated carbocycles. The predicted octanol–water partition coefficient (Wildman–Crippen LogP) is 5.31. The van der Waals surface area contributed by atoms with E-state index in [1.165, 1.54) is 11.3 Å². The van der Waals surface area contributed by atoms with Crippen molar-refractivity contribution in [3.63, 3.8) is 0 Å². The molecule has 0 radical (unpaired) electrons. The molecule has 0 aliphatic heterocycles. The summed E-state index contributed by atoms with van der Waals surface area (Å²) < 4.78 is 5.16. The van der Waals surface area contributed by atoms with Gasteiger partial charge in [-0.15, -0.1) is 11.3 Å². The van der Waals surface area contributed by atoms with E-state index in [4.69, 9.17) is 16.3 Å². The molecule has 0 aliphatic rings. The Bertz CT molecular complexity index is 841. The quantitative estimate of drug-likeness (QED) is 0.497. The molecule has 6 heteroatoms. The standard InChI is InChI=1S/C18H16ClN3OS/c1-12(13-5-9-16(23-2)10-6-13)21-22-18-20-17(11-24-18)14-3-7-15(19)8-4-14/h3-11H,1-2H3,(H,20,22)/b21-12+. The van der Waals surface area contributed by atoms with Gasteiger partial charge >= 0.3 is 0 Å². The maximum atomic E-state index is 5.91. The third-order valence-electron chi connectivity index (χ3n) is 3.47. The number of benzene rings is 2. The minimum atomic E-state index is 0.715. The molecule has 24 heavy (non-hydrogen) atoms. The van der Waals surface area contributed by atoms with Gasteiger partial charge in [-0.2, -0.15) is 5.10 Å². The highest BCUT2D eigenvalue weighted by atomic mass is 35.5. The average Bonchev–Trinajstić information content (AvgIpc) is 3.09. The van der Waals surface area contributed by atoms with Crippen molar-refractivity contribution in [3.8, 4) is 17.0 Å². The van der Waals surface area contributed by atoms with Crippen molar-refractivity contribution in [2.45, 2.75) is 6.92 Å². The fraction of sp³-hybridized carbons (Fsp3) is 0.111. The molecule has 0 spiro atoms. The topological polar surface area (TPSA) is 46.5 Å². The smallest absolute Gasteiger partial charge is 0.203 e. The molecule has 0 unspecified atom stereocenters. The third kappa shape index (κ3) is 3.93. The molecule has 1 heterocycles. The molecule has 0 amide bonds. The lowest BCUT2D eigenvalue weighted by Crippen LogP contribution is -1.99. The van der Waals surface area contributed by atoms with Crippen molar-refractivity contribution >= 4 is 33.8 Å². The number of thiazole rings is 1. The molecule has 1 aromatic heterocycles. The molecule has 0 fully saturated rings. The number of methoxy groups -OCH3 is 1. The van der Waals surface area contributed by atoms with Gasteiger partial charge in [-0.3, -0.25) is 5.43 Å². The SMILES string of the molecule is COc1ccc(/C(C)=N/Nc2nc(-c3ccc(Cl)cc3)cs2)cc1. The monoisotopic (exact) mass is 357 g/mol. The number of anilines is 1. The first kappa shape index (κ1) is 16.5. The summed E-state index contributed by atoms with van der Waals surface area (Å²) >= 11 is 7.42. The minimum absolute atomic E-state index is 0.715. The summed E-state index contributed by atoms with van der Waals surface area (Å²) in [7, 11) is 1.65. The summed E-state index contributed by atoms with van der Waals surface area (Å²) in [6, 6.07) is 15.4. The summed E-state index contributed by atoms with van der Waals surface area (Å²) in [5, 5.41) is 7.84. The van der Waals surface area contributed by atoms with Gasteiger partial charge in [-0.05, 0) is 48.9 Å². The highest BCUT2D eigenvalue weighted by molar-refractivity contribution is 7.14. The first-order chi connectivity index (χ1) is 11.7. The van der Waals surface area contributed by atoms with Gasteiger partial charge < -0.3 is 4.74 Å². The number of ether oxygens (including phenoxy) is 1. The first-order valence-electron chi connectivity index (χ1n) is 7.32. The maximum Gasteiger partial charge on any atom is 0.203 e.